The topological polar surface area (TPSA) is 57.2 Å². The fourth-order valence-electron chi connectivity index (χ4n) is 2.85. The van der Waals surface area contributed by atoms with Crippen LogP contribution in [0, 0.1) is 0 Å². The van der Waals surface area contributed by atoms with Crippen molar-refractivity contribution < 1.29 is 0 Å². The van der Waals surface area contributed by atoms with Crippen molar-refractivity contribution >= 4 is 17.5 Å². The summed E-state index contributed by atoms with van der Waals surface area (Å²) in [7, 11) is 0. The lowest BCUT2D eigenvalue weighted by Crippen LogP contribution is -2.46. The van der Waals surface area contributed by atoms with E-state index in [9.17, 15) is 0 Å². The van der Waals surface area contributed by atoms with Crippen molar-refractivity contribution in [1.29, 1.82) is 0 Å². The van der Waals surface area contributed by atoms with Crippen LogP contribution in [0.5, 0.6) is 0 Å². The Balaban J connectivity index is 1.67. The van der Waals surface area contributed by atoms with Gasteiger partial charge >= 0.3 is 0 Å². The Morgan fingerprint density at radius 3 is 2.42 bits per heavy atom. The van der Waals surface area contributed by atoms with Crippen molar-refractivity contribution in [1.82, 2.24) is 20.1 Å². The number of nitrogens with one attached hydrogen (secondary N) is 1. The zero-order valence-corrected chi connectivity index (χ0v) is 14.7. The number of anilines is 3. The number of piperazine rings is 1. The minimum Gasteiger partial charge on any atom is -0.339 e. The Labute approximate surface area is 143 Å². The van der Waals surface area contributed by atoms with Crippen molar-refractivity contribution in [3.63, 3.8) is 0 Å². The predicted molar refractivity (Wildman–Crippen MR) is 98.0 cm³/mol. The van der Waals surface area contributed by atoms with Gasteiger partial charge in [-0.25, -0.2) is 0 Å². The molecule has 0 atom stereocenters. The molecule has 1 aliphatic rings. The van der Waals surface area contributed by atoms with E-state index in [-0.39, 0.29) is 0 Å². The van der Waals surface area contributed by atoms with Crippen LogP contribution < -0.4 is 10.2 Å². The molecule has 24 heavy (non-hydrogen) atoms. The summed E-state index contributed by atoms with van der Waals surface area (Å²) in [5.74, 6) is 1.97. The van der Waals surface area contributed by atoms with Gasteiger partial charge in [-0.05, 0) is 30.2 Å². The molecule has 6 heteroatoms. The molecule has 1 aliphatic heterocycles. The number of benzene rings is 1. The van der Waals surface area contributed by atoms with E-state index < -0.39 is 0 Å². The summed E-state index contributed by atoms with van der Waals surface area (Å²) in [6.45, 7) is 11.7. The molecule has 2 aromatic rings. The van der Waals surface area contributed by atoms with Gasteiger partial charge in [0.15, 0.2) is 5.82 Å². The Morgan fingerprint density at radius 2 is 1.79 bits per heavy atom. The van der Waals surface area contributed by atoms with Crippen LogP contribution in [-0.4, -0.2) is 52.8 Å². The van der Waals surface area contributed by atoms with Crippen molar-refractivity contribution in [3.8, 4) is 0 Å². The first-order valence-corrected chi connectivity index (χ1v) is 8.69. The van der Waals surface area contributed by atoms with Crippen LogP contribution in [0.25, 0.3) is 0 Å². The first kappa shape index (κ1) is 16.6. The first-order valence-electron chi connectivity index (χ1n) is 8.69. The van der Waals surface area contributed by atoms with Crippen LogP contribution in [0.15, 0.2) is 30.5 Å². The molecule has 1 saturated heterocycles. The van der Waals surface area contributed by atoms with Gasteiger partial charge in [-0.3, -0.25) is 0 Å². The Kier molecular flexibility index (Phi) is 5.25. The van der Waals surface area contributed by atoms with E-state index in [1.165, 1.54) is 5.56 Å². The number of rotatable bonds is 5. The monoisotopic (exact) mass is 326 g/mol. The Morgan fingerprint density at radius 1 is 1.08 bits per heavy atom. The summed E-state index contributed by atoms with van der Waals surface area (Å²) in [4.78, 5) is 9.26. The van der Waals surface area contributed by atoms with E-state index in [1.807, 2.05) is 0 Å². The summed E-state index contributed by atoms with van der Waals surface area (Å²) in [6.07, 6.45) is 1.67. The van der Waals surface area contributed by atoms with Crippen LogP contribution in [0.1, 0.15) is 32.3 Å². The summed E-state index contributed by atoms with van der Waals surface area (Å²) in [5, 5.41) is 11.6. The SMILES string of the molecule is CCN1CCN(c2nncc(Nc3ccc(C(C)C)cc3)n2)CC1. The van der Waals surface area contributed by atoms with E-state index in [2.05, 4.69) is 75.3 Å². The van der Waals surface area contributed by atoms with Crippen molar-refractivity contribution in [2.75, 3.05) is 42.9 Å². The molecule has 0 aliphatic carbocycles. The van der Waals surface area contributed by atoms with Gasteiger partial charge in [0.1, 0.15) is 0 Å². The molecule has 3 rings (SSSR count). The molecule has 0 unspecified atom stereocenters. The highest BCUT2D eigenvalue weighted by Gasteiger charge is 2.18. The molecule has 0 saturated carbocycles. The summed E-state index contributed by atoms with van der Waals surface area (Å²) in [5.41, 5.74) is 2.34. The van der Waals surface area contributed by atoms with Crippen LogP contribution in [0.3, 0.4) is 0 Å². The lowest BCUT2D eigenvalue weighted by Gasteiger charge is -2.33. The molecular weight excluding hydrogens is 300 g/mol. The first-order chi connectivity index (χ1) is 11.7. The average molecular weight is 326 g/mol. The number of likely N-dealkylation sites (N-methyl/N-ethyl adjacent to an activating group) is 1. The van der Waals surface area contributed by atoms with Gasteiger partial charge in [0.2, 0.25) is 5.95 Å². The molecular formula is C18H26N6. The molecule has 0 radical (unpaired) electrons. The van der Waals surface area contributed by atoms with E-state index in [0.29, 0.717) is 11.9 Å². The largest absolute Gasteiger partial charge is 0.339 e. The second kappa shape index (κ2) is 7.57. The molecule has 0 amide bonds. The average Bonchev–Trinajstić information content (AvgIpc) is 2.62. The zero-order valence-electron chi connectivity index (χ0n) is 14.7. The van der Waals surface area contributed by atoms with Crippen molar-refractivity contribution in [3.05, 3.63) is 36.0 Å². The Hall–Kier alpha value is -2.21. The molecule has 1 aromatic heterocycles. The van der Waals surface area contributed by atoms with Gasteiger partial charge in [0.05, 0.1) is 6.20 Å². The van der Waals surface area contributed by atoms with Crippen LogP contribution in [-0.2, 0) is 0 Å². The fourth-order valence-corrected chi connectivity index (χ4v) is 2.85. The summed E-state index contributed by atoms with van der Waals surface area (Å²) < 4.78 is 0. The van der Waals surface area contributed by atoms with Gasteiger partial charge in [-0.2, -0.15) is 10.1 Å². The highest BCUT2D eigenvalue weighted by atomic mass is 15.4. The quantitative estimate of drug-likeness (QED) is 0.912. The minimum atomic E-state index is 0.535. The minimum absolute atomic E-state index is 0.535. The third-order valence-corrected chi connectivity index (χ3v) is 4.50. The maximum absolute atomic E-state index is 4.62. The molecule has 128 valence electrons. The number of hydrogen-bond acceptors (Lipinski definition) is 6. The third-order valence-electron chi connectivity index (χ3n) is 4.50. The maximum atomic E-state index is 4.62. The second-order valence-corrected chi connectivity index (χ2v) is 6.46. The molecule has 0 bridgehead atoms. The normalized spacial score (nSPS) is 15.8. The standard InChI is InChI=1S/C18H26N6/c1-4-23-9-11-24(12-10-23)18-21-17(13-19-22-18)20-16-7-5-15(6-8-16)14(2)3/h5-8,13-14H,4,9-12H2,1-3H3,(H,20,21,22). The molecule has 0 spiro atoms. The summed E-state index contributed by atoms with van der Waals surface area (Å²) in [6, 6.07) is 8.45. The van der Waals surface area contributed by atoms with Gasteiger partial charge in [0, 0.05) is 31.9 Å². The Bertz CT molecular complexity index is 647. The predicted octanol–water partition coefficient (Wildman–Crippen LogP) is 2.88. The van der Waals surface area contributed by atoms with Gasteiger partial charge in [0.25, 0.3) is 0 Å². The van der Waals surface area contributed by atoms with E-state index in [0.717, 1.165) is 44.2 Å². The van der Waals surface area contributed by atoms with Crippen LogP contribution in [0.2, 0.25) is 0 Å². The van der Waals surface area contributed by atoms with Gasteiger partial charge < -0.3 is 15.1 Å². The lowest BCUT2D eigenvalue weighted by molar-refractivity contribution is 0.269. The summed E-state index contributed by atoms with van der Waals surface area (Å²) >= 11 is 0. The molecule has 2 heterocycles. The number of aromatic nitrogens is 3. The highest BCUT2D eigenvalue weighted by molar-refractivity contribution is 5.56. The molecule has 1 aromatic carbocycles. The third kappa shape index (κ3) is 4.00. The molecule has 6 nitrogen and oxygen atoms in total. The number of nitrogens with zero attached hydrogens (tertiary/aromatic N) is 5. The van der Waals surface area contributed by atoms with Crippen molar-refractivity contribution in [2.45, 2.75) is 26.7 Å². The van der Waals surface area contributed by atoms with Crippen molar-refractivity contribution in [2.24, 2.45) is 0 Å². The maximum Gasteiger partial charge on any atom is 0.247 e. The van der Waals surface area contributed by atoms with E-state index in [4.69, 9.17) is 0 Å². The number of hydrogen-bond donors (Lipinski definition) is 1. The van der Waals surface area contributed by atoms with Gasteiger partial charge in [-0.15, -0.1) is 5.10 Å². The van der Waals surface area contributed by atoms with Crippen LogP contribution in [0.4, 0.5) is 17.5 Å². The zero-order chi connectivity index (χ0) is 16.9. The smallest absolute Gasteiger partial charge is 0.247 e. The van der Waals surface area contributed by atoms with Gasteiger partial charge in [-0.1, -0.05) is 32.9 Å². The van der Waals surface area contributed by atoms with E-state index in [1.54, 1.807) is 6.20 Å². The lowest BCUT2D eigenvalue weighted by atomic mass is 10.0. The molecule has 1 fully saturated rings. The van der Waals surface area contributed by atoms with E-state index >= 15 is 0 Å². The molecule has 1 N–H and O–H groups in total. The second-order valence-electron chi connectivity index (χ2n) is 6.46. The van der Waals surface area contributed by atoms with Crippen LogP contribution >= 0.6 is 0 Å². The fraction of sp³-hybridized carbons (Fsp3) is 0.500. The highest BCUT2D eigenvalue weighted by Crippen LogP contribution is 2.20.